The second kappa shape index (κ2) is 10.4. The highest BCUT2D eigenvalue weighted by atomic mass is 16.5. The van der Waals surface area contributed by atoms with Gasteiger partial charge in [0.05, 0.1) is 22.3 Å². The summed E-state index contributed by atoms with van der Waals surface area (Å²) in [6.45, 7) is 4.36. The Bertz CT molecular complexity index is 1590. The third-order valence-electron chi connectivity index (χ3n) is 5.56. The molecule has 1 aromatic heterocycles. The number of rotatable bonds is 6. The predicted molar refractivity (Wildman–Crippen MR) is 137 cm³/mol. The molecule has 0 unspecified atom stereocenters. The Labute approximate surface area is 209 Å². The van der Waals surface area contributed by atoms with Gasteiger partial charge in [0.2, 0.25) is 5.82 Å². The van der Waals surface area contributed by atoms with Gasteiger partial charge in [-0.3, -0.25) is 4.79 Å². The summed E-state index contributed by atoms with van der Waals surface area (Å²) in [6, 6.07) is 21.7. The highest BCUT2D eigenvalue weighted by Crippen LogP contribution is 2.30. The van der Waals surface area contributed by atoms with E-state index < -0.39 is 5.91 Å². The van der Waals surface area contributed by atoms with Gasteiger partial charge in [0.1, 0.15) is 24.5 Å². The molecule has 4 rings (SSSR count). The maximum absolute atomic E-state index is 13.1. The first-order valence-corrected chi connectivity index (χ1v) is 11.2. The van der Waals surface area contributed by atoms with E-state index >= 15 is 0 Å². The number of amides is 1. The van der Waals surface area contributed by atoms with Crippen LogP contribution in [-0.4, -0.2) is 22.5 Å². The summed E-state index contributed by atoms with van der Waals surface area (Å²) in [5.74, 6) is 2.81. The monoisotopic (exact) mass is 471 g/mol. The van der Waals surface area contributed by atoms with Crippen molar-refractivity contribution in [2.75, 3.05) is 11.9 Å². The van der Waals surface area contributed by atoms with Gasteiger partial charge in [-0.25, -0.2) is 9.97 Å². The number of benzene rings is 3. The molecular formula is C29H21N5O2. The van der Waals surface area contributed by atoms with Gasteiger partial charge in [-0.05, 0) is 47.9 Å². The summed E-state index contributed by atoms with van der Waals surface area (Å²) in [5.41, 5.74) is 3.89. The second-order valence-electron chi connectivity index (χ2n) is 8.28. The third-order valence-corrected chi connectivity index (χ3v) is 5.56. The maximum Gasteiger partial charge on any atom is 0.293 e. The number of ether oxygens (including phenoxy) is 1. The van der Waals surface area contributed by atoms with Crippen molar-refractivity contribution in [2.24, 2.45) is 0 Å². The normalized spacial score (nSPS) is 10.3. The summed E-state index contributed by atoms with van der Waals surface area (Å²) in [6.07, 6.45) is 5.32. The van der Waals surface area contributed by atoms with E-state index in [1.54, 1.807) is 24.3 Å². The molecule has 0 radical (unpaired) electrons. The Kier molecular flexibility index (Phi) is 6.91. The highest BCUT2D eigenvalue weighted by Gasteiger charge is 2.17. The number of hydrogen-bond acceptors (Lipinski definition) is 6. The molecule has 174 valence electrons. The van der Waals surface area contributed by atoms with Crippen molar-refractivity contribution in [1.82, 2.24) is 9.97 Å². The quantitative estimate of drug-likeness (QED) is 0.375. The minimum atomic E-state index is -0.543. The number of nitriles is 2. The van der Waals surface area contributed by atoms with Gasteiger partial charge in [0.15, 0.2) is 0 Å². The number of anilines is 1. The smallest absolute Gasteiger partial charge is 0.293 e. The number of nitrogens with zero attached hydrogens (tertiary/aromatic N) is 4. The Balaban J connectivity index is 1.78. The van der Waals surface area contributed by atoms with Gasteiger partial charge in [-0.15, -0.1) is 6.42 Å². The molecule has 0 fully saturated rings. The summed E-state index contributed by atoms with van der Waals surface area (Å²) in [4.78, 5) is 22.2. The van der Waals surface area contributed by atoms with Gasteiger partial charge in [-0.2, -0.15) is 10.5 Å². The van der Waals surface area contributed by atoms with Crippen molar-refractivity contribution in [3.63, 3.8) is 0 Å². The lowest BCUT2D eigenvalue weighted by Gasteiger charge is -2.12. The largest absolute Gasteiger partial charge is 0.481 e. The van der Waals surface area contributed by atoms with E-state index in [0.29, 0.717) is 34.0 Å². The zero-order valence-electron chi connectivity index (χ0n) is 19.7. The highest BCUT2D eigenvalue weighted by molar-refractivity contribution is 6.04. The molecule has 0 aliphatic rings. The van der Waals surface area contributed by atoms with E-state index in [2.05, 4.69) is 35.1 Å². The Morgan fingerprint density at radius 2 is 1.75 bits per heavy atom. The maximum atomic E-state index is 13.1. The number of fused-ring (bicyclic) bond motifs is 1. The number of aromatic nitrogens is 2. The van der Waals surface area contributed by atoms with Crippen molar-refractivity contribution in [1.29, 1.82) is 10.5 Å². The predicted octanol–water partition coefficient (Wildman–Crippen LogP) is 5.43. The fraction of sp³-hybridized carbons (Fsp3) is 0.138. The van der Waals surface area contributed by atoms with Crippen LogP contribution < -0.4 is 10.1 Å². The molecule has 0 aliphatic heterocycles. The fourth-order valence-electron chi connectivity index (χ4n) is 3.67. The van der Waals surface area contributed by atoms with Crippen LogP contribution in [0.15, 0.2) is 60.7 Å². The van der Waals surface area contributed by atoms with Crippen LogP contribution in [0.2, 0.25) is 0 Å². The second-order valence-corrected chi connectivity index (χ2v) is 8.28. The van der Waals surface area contributed by atoms with Crippen LogP contribution in [0.25, 0.3) is 22.2 Å². The van der Waals surface area contributed by atoms with E-state index in [4.69, 9.17) is 16.4 Å². The van der Waals surface area contributed by atoms with Crippen LogP contribution in [0.4, 0.5) is 5.69 Å². The van der Waals surface area contributed by atoms with Crippen molar-refractivity contribution >= 4 is 22.5 Å². The Hall–Kier alpha value is -5.19. The molecule has 0 atom stereocenters. The van der Waals surface area contributed by atoms with E-state index in [-0.39, 0.29) is 23.6 Å². The van der Waals surface area contributed by atoms with Crippen molar-refractivity contribution in [3.05, 3.63) is 83.2 Å². The number of hydrogen-bond donors (Lipinski definition) is 1. The molecule has 36 heavy (non-hydrogen) atoms. The van der Waals surface area contributed by atoms with Gasteiger partial charge in [-0.1, -0.05) is 44.0 Å². The zero-order chi connectivity index (χ0) is 25.7. The van der Waals surface area contributed by atoms with E-state index in [1.165, 1.54) is 17.7 Å². The van der Waals surface area contributed by atoms with Crippen LogP contribution in [-0.2, 0) is 0 Å². The lowest BCUT2D eigenvalue weighted by atomic mass is 9.99. The molecule has 7 nitrogen and oxygen atoms in total. The number of nitrogens with one attached hydrogen (secondary N) is 1. The Morgan fingerprint density at radius 1 is 1.00 bits per heavy atom. The minimum absolute atomic E-state index is 0.0365. The van der Waals surface area contributed by atoms with Crippen LogP contribution in [0.1, 0.15) is 47.1 Å². The molecule has 7 heteroatoms. The molecule has 0 bridgehead atoms. The molecule has 1 N–H and O–H groups in total. The van der Waals surface area contributed by atoms with Gasteiger partial charge in [0, 0.05) is 16.6 Å². The third kappa shape index (κ3) is 4.99. The van der Waals surface area contributed by atoms with Gasteiger partial charge >= 0.3 is 0 Å². The molecule has 3 aromatic carbocycles. The van der Waals surface area contributed by atoms with Crippen LogP contribution in [0, 0.1) is 35.0 Å². The molecule has 0 saturated carbocycles. The molecule has 1 heterocycles. The first-order chi connectivity index (χ1) is 17.4. The average molecular weight is 472 g/mol. The van der Waals surface area contributed by atoms with Crippen LogP contribution >= 0.6 is 0 Å². The van der Waals surface area contributed by atoms with Gasteiger partial charge in [0.25, 0.3) is 5.91 Å². The summed E-state index contributed by atoms with van der Waals surface area (Å²) < 4.78 is 5.58. The van der Waals surface area contributed by atoms with E-state index in [0.717, 1.165) is 5.56 Å². The standard InChI is InChI=1S/C29H21N5O2/c1-4-13-36-24-11-12-26-25(15-24)27(20-7-5-19(6-8-20)18(2)3)34-28(33-26)29(35)32-23-10-9-21(16-30)22(14-23)17-31/h1,5-12,14-15,18H,13H2,2-3H3,(H,32,35). The lowest BCUT2D eigenvalue weighted by molar-refractivity contribution is 0.101. The fourth-order valence-corrected chi connectivity index (χ4v) is 3.67. The van der Waals surface area contributed by atoms with Gasteiger partial charge < -0.3 is 10.1 Å². The first-order valence-electron chi connectivity index (χ1n) is 11.2. The summed E-state index contributed by atoms with van der Waals surface area (Å²) in [7, 11) is 0. The molecule has 1 amide bonds. The molecule has 0 saturated heterocycles. The lowest BCUT2D eigenvalue weighted by Crippen LogP contribution is -2.16. The summed E-state index contributed by atoms with van der Waals surface area (Å²) >= 11 is 0. The topological polar surface area (TPSA) is 112 Å². The van der Waals surface area contributed by atoms with Crippen LogP contribution in [0.5, 0.6) is 5.75 Å². The van der Waals surface area contributed by atoms with Crippen molar-refractivity contribution < 1.29 is 9.53 Å². The Morgan fingerprint density at radius 3 is 2.42 bits per heavy atom. The van der Waals surface area contributed by atoms with E-state index in [1.807, 2.05) is 36.4 Å². The number of carbonyl (C=O) groups is 1. The number of terminal acetylenes is 1. The molecule has 0 aliphatic carbocycles. The average Bonchev–Trinajstić information content (AvgIpc) is 2.91. The molecular weight excluding hydrogens is 450 g/mol. The minimum Gasteiger partial charge on any atom is -0.481 e. The first kappa shape index (κ1) is 24.0. The van der Waals surface area contributed by atoms with Crippen molar-refractivity contribution in [3.8, 4) is 41.5 Å². The molecule has 0 spiro atoms. The number of carbonyl (C=O) groups excluding carboxylic acids is 1. The van der Waals surface area contributed by atoms with Crippen LogP contribution in [0.3, 0.4) is 0 Å². The summed E-state index contributed by atoms with van der Waals surface area (Å²) in [5, 5.41) is 21.8. The van der Waals surface area contributed by atoms with Crippen molar-refractivity contribution in [2.45, 2.75) is 19.8 Å². The zero-order valence-corrected chi connectivity index (χ0v) is 19.7. The SMILES string of the molecule is C#CCOc1ccc2nc(C(=O)Nc3ccc(C#N)c(C#N)c3)nc(-c3ccc(C(C)C)cc3)c2c1. The molecule has 4 aromatic rings. The van der Waals surface area contributed by atoms with E-state index in [9.17, 15) is 10.1 Å².